The Balaban J connectivity index is 1.56. The maximum absolute atomic E-state index is 11.9. The third-order valence-corrected chi connectivity index (χ3v) is 4.25. The van der Waals surface area contributed by atoms with E-state index in [0.29, 0.717) is 31.3 Å². The molecule has 1 fully saturated rings. The first-order chi connectivity index (χ1) is 12.1. The molecule has 1 amide bonds. The van der Waals surface area contributed by atoms with Crippen LogP contribution >= 0.6 is 0 Å². The second kappa shape index (κ2) is 7.62. The average molecular weight is 345 g/mol. The zero-order chi connectivity index (χ0) is 17.8. The molecule has 1 aliphatic rings. The van der Waals surface area contributed by atoms with Gasteiger partial charge in [0, 0.05) is 31.7 Å². The van der Waals surface area contributed by atoms with Gasteiger partial charge in [-0.1, -0.05) is 5.16 Å². The normalized spacial score (nSPS) is 16.7. The summed E-state index contributed by atoms with van der Waals surface area (Å²) in [6, 6.07) is 7.06. The van der Waals surface area contributed by atoms with Crippen LogP contribution in [0.1, 0.15) is 12.8 Å². The minimum absolute atomic E-state index is 0.000711. The van der Waals surface area contributed by atoms with Crippen LogP contribution in [0.15, 0.2) is 28.8 Å². The summed E-state index contributed by atoms with van der Waals surface area (Å²) in [4.78, 5) is 20.3. The Hall–Kier alpha value is -2.45. The molecule has 3 rings (SSSR count). The van der Waals surface area contributed by atoms with Gasteiger partial charge in [-0.15, -0.1) is 0 Å². The molecule has 1 atom stereocenters. The van der Waals surface area contributed by atoms with Crippen LogP contribution in [0.5, 0.6) is 5.75 Å². The number of amides is 1. The molecule has 2 N–H and O–H groups in total. The number of hydrogen-bond donors (Lipinski definition) is 1. The number of carbonyl (C=O) groups excluding carboxylic acids is 1. The van der Waals surface area contributed by atoms with Gasteiger partial charge >= 0.3 is 0 Å². The zero-order valence-corrected chi connectivity index (χ0v) is 14.5. The Labute approximate surface area is 146 Å². The highest BCUT2D eigenvalue weighted by Gasteiger charge is 2.24. The van der Waals surface area contributed by atoms with E-state index in [9.17, 15) is 4.79 Å². The Bertz CT molecular complexity index is 705. The molecule has 0 radical (unpaired) electrons. The summed E-state index contributed by atoms with van der Waals surface area (Å²) in [5.74, 6) is 1.91. The van der Waals surface area contributed by atoms with E-state index in [-0.39, 0.29) is 5.91 Å². The Morgan fingerprint density at radius 2 is 1.96 bits per heavy atom. The summed E-state index contributed by atoms with van der Waals surface area (Å²) in [6.45, 7) is 5.15. The van der Waals surface area contributed by atoms with Crippen molar-refractivity contribution in [3.63, 3.8) is 0 Å². The molecule has 25 heavy (non-hydrogen) atoms. The predicted octanol–water partition coefficient (Wildman–Crippen LogP) is 0.737. The molecule has 8 nitrogen and oxygen atoms in total. The third-order valence-electron chi connectivity index (χ3n) is 4.25. The largest absolute Gasteiger partial charge is 0.497 e. The lowest BCUT2D eigenvalue weighted by atomic mass is 10.2. The lowest BCUT2D eigenvalue weighted by molar-refractivity contribution is -0.134. The van der Waals surface area contributed by atoms with E-state index in [1.165, 1.54) is 0 Å². The standard InChI is InChI=1S/C17H23N5O3/c1-12(18)17(23)22-9-7-21(8-10-22)11-15-19-16(20-25-15)13-3-5-14(24-2)6-4-13/h3-6,12H,7-11,18H2,1-2H3. The number of methoxy groups -OCH3 is 1. The molecule has 0 bridgehead atoms. The van der Waals surface area contributed by atoms with Gasteiger partial charge in [-0.25, -0.2) is 0 Å². The Morgan fingerprint density at radius 1 is 1.28 bits per heavy atom. The van der Waals surface area contributed by atoms with Gasteiger partial charge in [0.15, 0.2) is 0 Å². The van der Waals surface area contributed by atoms with Crippen molar-refractivity contribution < 1.29 is 14.1 Å². The molecule has 2 aromatic rings. The zero-order valence-electron chi connectivity index (χ0n) is 14.5. The van der Waals surface area contributed by atoms with Crippen molar-refractivity contribution in [2.75, 3.05) is 33.3 Å². The minimum atomic E-state index is -0.449. The van der Waals surface area contributed by atoms with Crippen molar-refractivity contribution in [2.45, 2.75) is 19.5 Å². The van der Waals surface area contributed by atoms with E-state index in [2.05, 4.69) is 15.0 Å². The van der Waals surface area contributed by atoms with E-state index < -0.39 is 6.04 Å². The number of piperazine rings is 1. The highest BCUT2D eigenvalue weighted by molar-refractivity contribution is 5.81. The van der Waals surface area contributed by atoms with Crippen molar-refractivity contribution in [3.8, 4) is 17.1 Å². The van der Waals surface area contributed by atoms with E-state index in [4.69, 9.17) is 15.0 Å². The number of nitrogens with two attached hydrogens (primary N) is 1. The molecule has 0 saturated carbocycles. The number of nitrogens with zero attached hydrogens (tertiary/aromatic N) is 4. The quantitative estimate of drug-likeness (QED) is 0.853. The predicted molar refractivity (Wildman–Crippen MR) is 91.8 cm³/mol. The van der Waals surface area contributed by atoms with Gasteiger partial charge in [-0.05, 0) is 31.2 Å². The van der Waals surface area contributed by atoms with Crippen molar-refractivity contribution in [1.82, 2.24) is 19.9 Å². The summed E-state index contributed by atoms with van der Waals surface area (Å²) in [7, 11) is 1.63. The second-order valence-corrected chi connectivity index (χ2v) is 6.13. The van der Waals surface area contributed by atoms with E-state index >= 15 is 0 Å². The van der Waals surface area contributed by atoms with Crippen molar-refractivity contribution in [2.24, 2.45) is 5.73 Å². The molecule has 1 aromatic carbocycles. The van der Waals surface area contributed by atoms with Gasteiger partial charge in [0.1, 0.15) is 5.75 Å². The molecule has 1 aliphatic heterocycles. The monoisotopic (exact) mass is 345 g/mol. The van der Waals surface area contributed by atoms with Crippen LogP contribution in [0.3, 0.4) is 0 Å². The molecular weight excluding hydrogens is 322 g/mol. The van der Waals surface area contributed by atoms with Crippen LogP contribution in [0, 0.1) is 0 Å². The lowest BCUT2D eigenvalue weighted by Crippen LogP contribution is -2.52. The minimum Gasteiger partial charge on any atom is -0.497 e. The molecule has 8 heteroatoms. The molecule has 134 valence electrons. The average Bonchev–Trinajstić information content (AvgIpc) is 3.10. The van der Waals surface area contributed by atoms with Gasteiger partial charge in [0.25, 0.3) is 0 Å². The maximum atomic E-state index is 11.9. The molecular formula is C17H23N5O3. The summed E-state index contributed by atoms with van der Waals surface area (Å²) >= 11 is 0. The van der Waals surface area contributed by atoms with Crippen LogP contribution in [0.4, 0.5) is 0 Å². The second-order valence-electron chi connectivity index (χ2n) is 6.13. The summed E-state index contributed by atoms with van der Waals surface area (Å²) in [5, 5.41) is 4.04. The SMILES string of the molecule is COc1ccc(-c2noc(CN3CCN(C(=O)C(C)N)CC3)n2)cc1. The highest BCUT2D eigenvalue weighted by atomic mass is 16.5. The van der Waals surface area contributed by atoms with Gasteiger partial charge in [-0.2, -0.15) is 4.98 Å². The Morgan fingerprint density at radius 3 is 2.56 bits per heavy atom. The first kappa shape index (κ1) is 17.4. The van der Waals surface area contributed by atoms with Gasteiger partial charge in [0.2, 0.25) is 17.6 Å². The molecule has 1 aromatic heterocycles. The number of rotatable bonds is 5. The van der Waals surface area contributed by atoms with Crippen molar-refractivity contribution in [3.05, 3.63) is 30.2 Å². The number of ether oxygens (including phenoxy) is 1. The number of carbonyl (C=O) groups is 1. The van der Waals surface area contributed by atoms with Crippen LogP contribution in [0.25, 0.3) is 11.4 Å². The van der Waals surface area contributed by atoms with Gasteiger partial charge in [0.05, 0.1) is 19.7 Å². The van der Waals surface area contributed by atoms with E-state index in [1.54, 1.807) is 18.9 Å². The topological polar surface area (TPSA) is 97.7 Å². The van der Waals surface area contributed by atoms with Crippen LogP contribution < -0.4 is 10.5 Å². The lowest BCUT2D eigenvalue weighted by Gasteiger charge is -2.34. The number of aromatic nitrogens is 2. The smallest absolute Gasteiger partial charge is 0.241 e. The molecule has 2 heterocycles. The van der Waals surface area contributed by atoms with Crippen LogP contribution in [-0.4, -0.2) is 65.2 Å². The summed E-state index contributed by atoms with van der Waals surface area (Å²) < 4.78 is 10.5. The molecule has 1 saturated heterocycles. The molecule has 0 spiro atoms. The van der Waals surface area contributed by atoms with Gasteiger partial charge in [-0.3, -0.25) is 9.69 Å². The fourth-order valence-corrected chi connectivity index (χ4v) is 2.78. The molecule has 0 aliphatic carbocycles. The fraction of sp³-hybridized carbons (Fsp3) is 0.471. The summed E-state index contributed by atoms with van der Waals surface area (Å²) in [5.41, 5.74) is 6.53. The van der Waals surface area contributed by atoms with Gasteiger partial charge < -0.3 is 19.9 Å². The van der Waals surface area contributed by atoms with Crippen LogP contribution in [-0.2, 0) is 11.3 Å². The highest BCUT2D eigenvalue weighted by Crippen LogP contribution is 2.20. The number of benzene rings is 1. The van der Waals surface area contributed by atoms with E-state index in [0.717, 1.165) is 24.4 Å². The summed E-state index contributed by atoms with van der Waals surface area (Å²) in [6.07, 6.45) is 0. The fourth-order valence-electron chi connectivity index (χ4n) is 2.78. The van der Waals surface area contributed by atoms with Crippen LogP contribution in [0.2, 0.25) is 0 Å². The Kier molecular flexibility index (Phi) is 5.30. The first-order valence-corrected chi connectivity index (χ1v) is 8.30. The van der Waals surface area contributed by atoms with E-state index in [1.807, 2.05) is 24.3 Å². The molecule has 1 unspecified atom stereocenters. The number of hydrogen-bond acceptors (Lipinski definition) is 7. The maximum Gasteiger partial charge on any atom is 0.241 e. The van der Waals surface area contributed by atoms with Crippen molar-refractivity contribution >= 4 is 5.91 Å². The van der Waals surface area contributed by atoms with Crippen molar-refractivity contribution in [1.29, 1.82) is 0 Å². The third kappa shape index (κ3) is 4.15. The first-order valence-electron chi connectivity index (χ1n) is 8.30.